The Morgan fingerprint density at radius 2 is 2.00 bits per heavy atom. The molecule has 0 unspecified atom stereocenters. The number of rotatable bonds is 7. The van der Waals surface area contributed by atoms with Gasteiger partial charge in [-0.1, -0.05) is 13.8 Å². The van der Waals surface area contributed by atoms with Gasteiger partial charge in [0.2, 0.25) is 0 Å². The van der Waals surface area contributed by atoms with Crippen molar-refractivity contribution in [2.24, 2.45) is 0 Å². The number of nitrogens with one attached hydrogen (secondary N) is 1. The summed E-state index contributed by atoms with van der Waals surface area (Å²) in [4.78, 5) is 2.24. The van der Waals surface area contributed by atoms with E-state index in [9.17, 15) is 0 Å². The fraction of sp³-hybridized carbons (Fsp3) is 0.667. The maximum absolute atomic E-state index is 4.26. The quantitative estimate of drug-likeness (QED) is 0.764. The lowest BCUT2D eigenvalue weighted by Crippen LogP contribution is -2.25. The molecule has 0 fully saturated rings. The van der Waals surface area contributed by atoms with Crippen LogP contribution in [0.4, 0.5) is 5.82 Å². The monoisotopic (exact) mass is 222 g/mol. The van der Waals surface area contributed by atoms with Gasteiger partial charge in [-0.05, 0) is 32.0 Å². The highest BCUT2D eigenvalue weighted by atomic mass is 15.3. The van der Waals surface area contributed by atoms with Crippen molar-refractivity contribution < 1.29 is 0 Å². The van der Waals surface area contributed by atoms with Crippen LogP contribution in [-0.2, 0) is 6.54 Å². The van der Waals surface area contributed by atoms with E-state index in [4.69, 9.17) is 0 Å². The van der Waals surface area contributed by atoms with Crippen LogP contribution in [-0.4, -0.2) is 29.8 Å². The lowest BCUT2D eigenvalue weighted by Gasteiger charge is -2.20. The smallest absolute Gasteiger partial charge is 0.151 e. The molecule has 4 nitrogen and oxygen atoms in total. The van der Waals surface area contributed by atoms with Crippen LogP contribution >= 0.6 is 0 Å². The molecule has 1 heterocycles. The van der Waals surface area contributed by atoms with Crippen LogP contribution in [0.15, 0.2) is 12.1 Å². The Labute approximate surface area is 98.1 Å². The zero-order valence-electron chi connectivity index (χ0n) is 10.5. The van der Waals surface area contributed by atoms with Gasteiger partial charge in [0.15, 0.2) is 5.82 Å². The minimum Gasteiger partial charge on any atom is -0.355 e. The zero-order chi connectivity index (χ0) is 11.8. The molecule has 0 radical (unpaired) electrons. The fourth-order valence-electron chi connectivity index (χ4n) is 1.57. The predicted octanol–water partition coefficient (Wildman–Crippen LogP) is 1.82. The Balaban J connectivity index is 2.61. The lowest BCUT2D eigenvalue weighted by atomic mass is 10.3. The highest BCUT2D eigenvalue weighted by Gasteiger charge is 2.04. The van der Waals surface area contributed by atoms with Gasteiger partial charge in [0, 0.05) is 19.6 Å². The molecule has 1 rings (SSSR count). The Kier molecular flexibility index (Phi) is 5.78. The summed E-state index contributed by atoms with van der Waals surface area (Å²) in [7, 11) is 0. The molecule has 0 saturated carbocycles. The normalized spacial score (nSPS) is 10.4. The van der Waals surface area contributed by atoms with Gasteiger partial charge >= 0.3 is 0 Å². The topological polar surface area (TPSA) is 41.0 Å². The molecule has 0 saturated heterocycles. The number of nitrogens with zero attached hydrogens (tertiary/aromatic N) is 3. The Hall–Kier alpha value is -1.16. The number of hydrogen-bond donors (Lipinski definition) is 1. The van der Waals surface area contributed by atoms with Crippen LogP contribution < -0.4 is 10.2 Å². The van der Waals surface area contributed by atoms with E-state index in [2.05, 4.69) is 47.3 Å². The van der Waals surface area contributed by atoms with Crippen molar-refractivity contribution in [3.63, 3.8) is 0 Å². The molecule has 1 aromatic heterocycles. The van der Waals surface area contributed by atoms with E-state index in [1.807, 2.05) is 6.07 Å². The SMILES string of the molecule is CCCN(CC)c1ccc(CNCC)nn1. The molecule has 16 heavy (non-hydrogen) atoms. The molecule has 0 aliphatic rings. The first-order valence-electron chi connectivity index (χ1n) is 6.10. The molecular weight excluding hydrogens is 200 g/mol. The molecule has 0 spiro atoms. The molecule has 0 aliphatic carbocycles. The third-order valence-electron chi connectivity index (χ3n) is 2.46. The molecule has 0 atom stereocenters. The van der Waals surface area contributed by atoms with Crippen LogP contribution in [0.5, 0.6) is 0 Å². The third-order valence-corrected chi connectivity index (χ3v) is 2.46. The molecule has 0 aromatic carbocycles. The van der Waals surface area contributed by atoms with Gasteiger partial charge in [0.25, 0.3) is 0 Å². The van der Waals surface area contributed by atoms with Crippen LogP contribution in [0.1, 0.15) is 32.9 Å². The summed E-state index contributed by atoms with van der Waals surface area (Å²) in [6.45, 7) is 10.2. The van der Waals surface area contributed by atoms with E-state index in [1.54, 1.807) is 0 Å². The average Bonchev–Trinajstić information content (AvgIpc) is 2.34. The summed E-state index contributed by atoms with van der Waals surface area (Å²) >= 11 is 0. The van der Waals surface area contributed by atoms with Crippen molar-refractivity contribution in [2.45, 2.75) is 33.7 Å². The molecule has 90 valence electrons. The standard InChI is InChI=1S/C12H22N4/c1-4-9-16(6-3)12-8-7-11(14-15-12)10-13-5-2/h7-8,13H,4-6,9-10H2,1-3H3. The highest BCUT2D eigenvalue weighted by molar-refractivity contribution is 5.36. The summed E-state index contributed by atoms with van der Waals surface area (Å²) in [5.74, 6) is 0.976. The first-order chi connectivity index (χ1) is 7.81. The zero-order valence-corrected chi connectivity index (χ0v) is 10.5. The van der Waals surface area contributed by atoms with Gasteiger partial charge in [-0.25, -0.2) is 0 Å². The van der Waals surface area contributed by atoms with E-state index in [-0.39, 0.29) is 0 Å². The van der Waals surface area contributed by atoms with Crippen LogP contribution in [0.3, 0.4) is 0 Å². The van der Waals surface area contributed by atoms with E-state index in [1.165, 1.54) is 0 Å². The van der Waals surface area contributed by atoms with Crippen LogP contribution in [0.2, 0.25) is 0 Å². The maximum Gasteiger partial charge on any atom is 0.151 e. The second-order valence-corrected chi connectivity index (χ2v) is 3.74. The first kappa shape index (κ1) is 12.9. The Morgan fingerprint density at radius 1 is 1.19 bits per heavy atom. The largest absolute Gasteiger partial charge is 0.355 e. The van der Waals surface area contributed by atoms with Crippen molar-refractivity contribution >= 4 is 5.82 Å². The summed E-state index contributed by atoms with van der Waals surface area (Å²) in [6, 6.07) is 4.10. The van der Waals surface area contributed by atoms with Crippen molar-refractivity contribution in [3.8, 4) is 0 Å². The second-order valence-electron chi connectivity index (χ2n) is 3.74. The minimum absolute atomic E-state index is 0.795. The van der Waals surface area contributed by atoms with Gasteiger partial charge in [-0.15, -0.1) is 5.10 Å². The molecule has 4 heteroatoms. The van der Waals surface area contributed by atoms with Gasteiger partial charge in [-0.3, -0.25) is 0 Å². The third kappa shape index (κ3) is 3.77. The van der Waals surface area contributed by atoms with Crippen molar-refractivity contribution in [1.29, 1.82) is 0 Å². The molecule has 1 N–H and O–H groups in total. The second kappa shape index (κ2) is 7.17. The predicted molar refractivity (Wildman–Crippen MR) is 67.6 cm³/mol. The highest BCUT2D eigenvalue weighted by Crippen LogP contribution is 2.09. The van der Waals surface area contributed by atoms with E-state index >= 15 is 0 Å². The van der Waals surface area contributed by atoms with E-state index in [0.29, 0.717) is 0 Å². The molecule has 0 amide bonds. The van der Waals surface area contributed by atoms with Crippen molar-refractivity contribution in [2.75, 3.05) is 24.5 Å². The minimum atomic E-state index is 0.795. The Morgan fingerprint density at radius 3 is 2.50 bits per heavy atom. The summed E-state index contributed by atoms with van der Waals surface area (Å²) < 4.78 is 0. The molecule has 0 bridgehead atoms. The lowest BCUT2D eigenvalue weighted by molar-refractivity contribution is 0.692. The van der Waals surface area contributed by atoms with E-state index < -0.39 is 0 Å². The average molecular weight is 222 g/mol. The molecule has 0 aliphatic heterocycles. The van der Waals surface area contributed by atoms with Gasteiger partial charge in [-0.2, -0.15) is 5.10 Å². The van der Waals surface area contributed by atoms with Crippen molar-refractivity contribution in [1.82, 2.24) is 15.5 Å². The van der Waals surface area contributed by atoms with Gasteiger partial charge in [0.05, 0.1) is 5.69 Å². The Bertz CT molecular complexity index is 284. The van der Waals surface area contributed by atoms with E-state index in [0.717, 1.165) is 44.1 Å². The molecular formula is C12H22N4. The number of anilines is 1. The fourth-order valence-corrected chi connectivity index (χ4v) is 1.57. The summed E-state index contributed by atoms with van der Waals surface area (Å²) in [6.07, 6.45) is 1.13. The summed E-state index contributed by atoms with van der Waals surface area (Å²) in [5, 5.41) is 11.7. The number of hydrogen-bond acceptors (Lipinski definition) is 4. The number of aromatic nitrogens is 2. The van der Waals surface area contributed by atoms with Gasteiger partial charge in [0.1, 0.15) is 0 Å². The van der Waals surface area contributed by atoms with Crippen molar-refractivity contribution in [3.05, 3.63) is 17.8 Å². The van der Waals surface area contributed by atoms with Crippen LogP contribution in [0.25, 0.3) is 0 Å². The summed E-state index contributed by atoms with van der Waals surface area (Å²) in [5.41, 5.74) is 0.998. The molecule has 1 aromatic rings. The maximum atomic E-state index is 4.26. The van der Waals surface area contributed by atoms with Crippen LogP contribution in [0, 0.1) is 0 Å². The van der Waals surface area contributed by atoms with Gasteiger partial charge < -0.3 is 10.2 Å². The first-order valence-corrected chi connectivity index (χ1v) is 6.10.